The van der Waals surface area contributed by atoms with Gasteiger partial charge in [0.2, 0.25) is 0 Å². The zero-order valence-electron chi connectivity index (χ0n) is 11.6. The van der Waals surface area contributed by atoms with Gasteiger partial charge in [-0.3, -0.25) is 0 Å². The van der Waals surface area contributed by atoms with Gasteiger partial charge in [0.1, 0.15) is 4.75 Å². The zero-order chi connectivity index (χ0) is 14.4. The molecule has 0 saturated carbocycles. The summed E-state index contributed by atoms with van der Waals surface area (Å²) in [6.07, 6.45) is 3.45. The number of hydrogen-bond donors (Lipinski definition) is 1. The molecule has 20 heavy (non-hydrogen) atoms. The molecule has 0 radical (unpaired) electrons. The molecule has 2 rings (SSSR count). The number of urea groups is 1. The first kappa shape index (κ1) is 14.7. The SMILES string of the molecule is CSC1(C#N)CCN(C(=O)NCc2ccccc2)CC1. The third-order valence-electron chi connectivity index (χ3n) is 3.74. The van der Waals surface area contributed by atoms with Crippen molar-refractivity contribution in [2.75, 3.05) is 19.3 Å². The average molecular weight is 289 g/mol. The molecule has 1 N–H and O–H groups in total. The molecule has 106 valence electrons. The van der Waals surface area contributed by atoms with Crippen LogP contribution in [-0.2, 0) is 6.54 Å². The zero-order valence-corrected chi connectivity index (χ0v) is 12.4. The molecule has 0 unspecified atom stereocenters. The highest BCUT2D eigenvalue weighted by Gasteiger charge is 2.35. The molecule has 2 amide bonds. The summed E-state index contributed by atoms with van der Waals surface area (Å²) in [5, 5.41) is 12.2. The molecule has 0 aliphatic carbocycles. The summed E-state index contributed by atoms with van der Waals surface area (Å²) in [7, 11) is 0. The van der Waals surface area contributed by atoms with E-state index in [1.54, 1.807) is 16.7 Å². The quantitative estimate of drug-likeness (QED) is 0.930. The highest BCUT2D eigenvalue weighted by molar-refractivity contribution is 8.00. The largest absolute Gasteiger partial charge is 0.334 e. The third kappa shape index (κ3) is 3.45. The van der Waals surface area contributed by atoms with Gasteiger partial charge in [0.05, 0.1) is 6.07 Å². The predicted molar refractivity (Wildman–Crippen MR) is 81.3 cm³/mol. The number of carbonyl (C=O) groups is 1. The second-order valence-corrected chi connectivity index (χ2v) is 6.13. The van der Waals surface area contributed by atoms with Gasteiger partial charge in [0.15, 0.2) is 0 Å². The van der Waals surface area contributed by atoms with E-state index in [9.17, 15) is 10.1 Å². The van der Waals surface area contributed by atoms with Crippen LogP contribution in [-0.4, -0.2) is 35.0 Å². The van der Waals surface area contributed by atoms with Crippen LogP contribution >= 0.6 is 11.8 Å². The van der Waals surface area contributed by atoms with E-state index in [4.69, 9.17) is 0 Å². The Bertz CT molecular complexity index is 490. The molecule has 1 saturated heterocycles. The number of amides is 2. The van der Waals surface area contributed by atoms with E-state index in [2.05, 4.69) is 11.4 Å². The maximum absolute atomic E-state index is 12.1. The summed E-state index contributed by atoms with van der Waals surface area (Å²) < 4.78 is -0.309. The predicted octanol–water partition coefficient (Wildman–Crippen LogP) is 2.62. The topological polar surface area (TPSA) is 56.1 Å². The molecular formula is C15H19N3OS. The van der Waals surface area contributed by atoms with Crippen molar-refractivity contribution in [1.29, 1.82) is 5.26 Å². The number of likely N-dealkylation sites (tertiary alicyclic amines) is 1. The lowest BCUT2D eigenvalue weighted by Gasteiger charge is -2.36. The smallest absolute Gasteiger partial charge is 0.317 e. The van der Waals surface area contributed by atoms with E-state index in [0.29, 0.717) is 19.6 Å². The minimum absolute atomic E-state index is 0.0403. The highest BCUT2D eigenvalue weighted by Crippen LogP contribution is 2.33. The van der Waals surface area contributed by atoms with Gasteiger partial charge in [-0.05, 0) is 24.7 Å². The Morgan fingerprint density at radius 2 is 2.05 bits per heavy atom. The summed E-state index contributed by atoms with van der Waals surface area (Å²) in [4.78, 5) is 13.9. The van der Waals surface area contributed by atoms with Gasteiger partial charge in [-0.1, -0.05) is 30.3 Å². The van der Waals surface area contributed by atoms with Crippen molar-refractivity contribution >= 4 is 17.8 Å². The Kier molecular flexibility index (Phi) is 4.91. The molecule has 1 aliphatic rings. The van der Waals surface area contributed by atoms with Gasteiger partial charge in [-0.25, -0.2) is 4.79 Å². The van der Waals surface area contributed by atoms with Gasteiger partial charge in [-0.2, -0.15) is 5.26 Å². The second kappa shape index (κ2) is 6.67. The van der Waals surface area contributed by atoms with Gasteiger partial charge < -0.3 is 10.2 Å². The summed E-state index contributed by atoms with van der Waals surface area (Å²) in [5.41, 5.74) is 1.09. The van der Waals surface area contributed by atoms with Crippen molar-refractivity contribution < 1.29 is 4.79 Å². The van der Waals surface area contributed by atoms with Gasteiger partial charge in [0.25, 0.3) is 0 Å². The molecule has 1 fully saturated rings. The van der Waals surface area contributed by atoms with Crippen LogP contribution in [0.5, 0.6) is 0 Å². The van der Waals surface area contributed by atoms with Gasteiger partial charge in [-0.15, -0.1) is 11.8 Å². The van der Waals surface area contributed by atoms with Crippen molar-refractivity contribution in [2.24, 2.45) is 0 Å². The highest BCUT2D eigenvalue weighted by atomic mass is 32.2. The Morgan fingerprint density at radius 1 is 1.40 bits per heavy atom. The molecule has 0 bridgehead atoms. The maximum atomic E-state index is 12.1. The number of thioether (sulfide) groups is 1. The second-order valence-electron chi connectivity index (χ2n) is 4.94. The van der Waals surface area contributed by atoms with Crippen molar-refractivity contribution in [3.63, 3.8) is 0 Å². The average Bonchev–Trinajstić information content (AvgIpc) is 2.53. The van der Waals surface area contributed by atoms with Crippen LogP contribution in [0.1, 0.15) is 18.4 Å². The van der Waals surface area contributed by atoms with E-state index in [1.807, 2.05) is 36.6 Å². The fraction of sp³-hybridized carbons (Fsp3) is 0.467. The van der Waals surface area contributed by atoms with Crippen LogP contribution in [0, 0.1) is 11.3 Å². The number of hydrogen-bond acceptors (Lipinski definition) is 3. The molecule has 4 nitrogen and oxygen atoms in total. The van der Waals surface area contributed by atoms with Crippen LogP contribution < -0.4 is 5.32 Å². The molecule has 1 aliphatic heterocycles. The molecule has 1 heterocycles. The number of rotatable bonds is 3. The monoisotopic (exact) mass is 289 g/mol. The minimum Gasteiger partial charge on any atom is -0.334 e. The minimum atomic E-state index is -0.309. The van der Waals surface area contributed by atoms with E-state index in [0.717, 1.165) is 18.4 Å². The first-order chi connectivity index (χ1) is 9.69. The normalized spacial score (nSPS) is 17.3. The van der Waals surface area contributed by atoms with Crippen LogP contribution in [0.2, 0.25) is 0 Å². The van der Waals surface area contributed by atoms with Crippen LogP contribution in [0.3, 0.4) is 0 Å². The summed E-state index contributed by atoms with van der Waals surface area (Å²) in [6, 6.07) is 12.2. The Morgan fingerprint density at radius 3 is 2.60 bits per heavy atom. The van der Waals surface area contributed by atoms with E-state index < -0.39 is 0 Å². The summed E-state index contributed by atoms with van der Waals surface area (Å²) in [5.74, 6) is 0. The van der Waals surface area contributed by atoms with Gasteiger partial charge in [0, 0.05) is 19.6 Å². The molecule has 0 aromatic heterocycles. The first-order valence-electron chi connectivity index (χ1n) is 6.72. The Labute approximate surface area is 124 Å². The van der Waals surface area contributed by atoms with Crippen molar-refractivity contribution in [3.05, 3.63) is 35.9 Å². The lowest BCUT2D eigenvalue weighted by Crippen LogP contribution is -2.48. The fourth-order valence-electron chi connectivity index (χ4n) is 2.32. The number of carbonyl (C=O) groups excluding carboxylic acids is 1. The van der Waals surface area contributed by atoms with Crippen LogP contribution in [0.25, 0.3) is 0 Å². The number of piperidine rings is 1. The number of nitriles is 1. The standard InChI is InChI=1S/C15H19N3OS/c1-20-15(12-16)7-9-18(10-8-15)14(19)17-11-13-5-3-2-4-6-13/h2-6H,7-11H2,1H3,(H,17,19). The van der Waals surface area contributed by atoms with Crippen molar-refractivity contribution in [1.82, 2.24) is 10.2 Å². The Hall–Kier alpha value is -1.67. The number of benzene rings is 1. The van der Waals surface area contributed by atoms with Crippen LogP contribution in [0.15, 0.2) is 30.3 Å². The fourth-order valence-corrected chi connectivity index (χ4v) is 3.00. The first-order valence-corrected chi connectivity index (χ1v) is 7.95. The molecule has 0 spiro atoms. The maximum Gasteiger partial charge on any atom is 0.317 e. The van der Waals surface area contributed by atoms with E-state index in [-0.39, 0.29) is 10.8 Å². The number of nitrogens with one attached hydrogen (secondary N) is 1. The lowest BCUT2D eigenvalue weighted by molar-refractivity contribution is 0.182. The molecule has 1 aromatic carbocycles. The van der Waals surface area contributed by atoms with Gasteiger partial charge >= 0.3 is 6.03 Å². The molecule has 5 heteroatoms. The van der Waals surface area contributed by atoms with Crippen LogP contribution in [0.4, 0.5) is 4.79 Å². The summed E-state index contributed by atoms with van der Waals surface area (Å²) >= 11 is 1.60. The van der Waals surface area contributed by atoms with E-state index in [1.165, 1.54) is 0 Å². The Balaban J connectivity index is 1.82. The lowest BCUT2D eigenvalue weighted by atomic mass is 9.97. The molecular weight excluding hydrogens is 270 g/mol. The number of nitrogens with zero attached hydrogens (tertiary/aromatic N) is 2. The van der Waals surface area contributed by atoms with Crippen molar-refractivity contribution in [2.45, 2.75) is 24.1 Å². The summed E-state index contributed by atoms with van der Waals surface area (Å²) in [6.45, 7) is 1.84. The third-order valence-corrected chi connectivity index (χ3v) is 5.02. The van der Waals surface area contributed by atoms with Crippen molar-refractivity contribution in [3.8, 4) is 6.07 Å². The molecule has 0 atom stereocenters. The van der Waals surface area contributed by atoms with E-state index >= 15 is 0 Å². The molecule has 1 aromatic rings.